The SMILES string of the molecule is C[Si](C[N+]1(C)CCCCC1)c1ccccc1.C[Si](C[N+]1(C)CCCCC1)c1ccccc1.C[Si](C[N+]1(C)CCCCC1)c1ccccc1.C[Si](C[N+]1(C)CCCCC1)c1ccccc1.[CH3][Ge]([CH3])[CH3].[CH3][Ge]([CH3])[CH3].[CH3][Ge]([CH3])[CH3].[CH3][Ge]([CH3])[CH3].[I-].[I-].[I-].[I-]. The monoisotopic (exact) mass is 1920 g/mol. The van der Waals surface area contributed by atoms with Gasteiger partial charge in [0.05, 0.1) is 105 Å². The standard InChI is InChI=1S/4C14H23NSi.4C3H9Ge.4HI/c4*1-15(11-7-4-8-12-15)13-16(2)14-9-5-3-6-10-14;4*1-4(2)3;;;;/h4*3,5-6,9-10H,4,7-8,11-13H2,1-2H3;4*1-3H3;4*1H/q4*+1;;;;;;;;/p-4. The number of halogens is 4. The molecule has 0 amide bonds. The van der Waals surface area contributed by atoms with Crippen molar-refractivity contribution in [1.29, 1.82) is 0 Å². The molecule has 4 aliphatic heterocycles. The van der Waals surface area contributed by atoms with Gasteiger partial charge in [0, 0.05) is 0 Å². The normalized spacial score (nSPS) is 16.9. The van der Waals surface area contributed by atoms with Crippen molar-refractivity contribution in [2.45, 2.75) is 172 Å². The van der Waals surface area contributed by atoms with Gasteiger partial charge in [-0.1, -0.05) is 168 Å². The zero-order valence-corrected chi connectivity index (χ0v) is 78.8. The van der Waals surface area contributed by atoms with Crippen LogP contribution < -0.4 is 117 Å². The second-order valence-electron chi connectivity index (χ2n) is 27.7. The molecule has 4 aromatic rings. The van der Waals surface area contributed by atoms with Crippen molar-refractivity contribution in [1.82, 2.24) is 0 Å². The number of likely N-dealkylation sites (tertiary alicyclic amines) is 4. The van der Waals surface area contributed by atoms with Crippen molar-refractivity contribution in [3.05, 3.63) is 121 Å². The zero-order chi connectivity index (χ0) is 60.0. The van der Waals surface area contributed by atoms with E-state index in [2.05, 4.69) is 245 Å². The fourth-order valence-electron chi connectivity index (χ4n) is 11.3. The number of rotatable bonds is 12. The summed E-state index contributed by atoms with van der Waals surface area (Å²) in [5.74, 6) is 28.0. The number of benzene rings is 4. The first-order chi connectivity index (χ1) is 37.7. The Labute approximate surface area is 617 Å². The third-order valence-electron chi connectivity index (χ3n) is 15.1. The molecule has 0 aliphatic carbocycles. The molecule has 480 valence electrons. The van der Waals surface area contributed by atoms with Crippen molar-refractivity contribution in [2.24, 2.45) is 0 Å². The Kier molecular flexibility index (Phi) is 59.8. The molecule has 4 aliphatic rings. The fourth-order valence-corrected chi connectivity index (χ4v) is 20.9. The molecule has 0 unspecified atom stereocenters. The van der Waals surface area contributed by atoms with Crippen LogP contribution in [0.1, 0.15) is 77.0 Å². The van der Waals surface area contributed by atoms with Crippen LogP contribution in [-0.2, 0) is 0 Å². The van der Waals surface area contributed by atoms with E-state index in [1.165, 1.54) is 172 Å². The van der Waals surface area contributed by atoms with Crippen molar-refractivity contribution in [3.8, 4) is 0 Å². The number of quaternary nitrogens is 4. The Morgan fingerprint density at radius 2 is 0.369 bits per heavy atom. The molecule has 0 saturated carbocycles. The molecular formula is C68H128Ge4I4N4Si4. The van der Waals surface area contributed by atoms with Crippen LogP contribution in [0, 0.1) is 0 Å². The summed E-state index contributed by atoms with van der Waals surface area (Å²) < 4.78 is 5.28. The summed E-state index contributed by atoms with van der Waals surface area (Å²) in [6, 6.07) is 44.4. The third-order valence-corrected chi connectivity index (χ3v) is 25.4. The van der Waals surface area contributed by atoms with Crippen molar-refractivity contribution >= 4 is 113 Å². The van der Waals surface area contributed by atoms with Crippen LogP contribution in [0.15, 0.2) is 121 Å². The molecule has 4 fully saturated rings. The van der Waals surface area contributed by atoms with Crippen LogP contribution in [0.4, 0.5) is 0 Å². The van der Waals surface area contributed by atoms with Gasteiger partial charge in [-0.15, -0.1) is 0 Å². The first kappa shape index (κ1) is 93.1. The number of hydrogen-bond acceptors (Lipinski definition) is 0. The van der Waals surface area contributed by atoms with E-state index in [4.69, 9.17) is 0 Å². The van der Waals surface area contributed by atoms with Gasteiger partial charge in [-0.2, -0.15) is 0 Å². The van der Waals surface area contributed by atoms with Crippen molar-refractivity contribution < 1.29 is 114 Å². The van der Waals surface area contributed by atoms with E-state index in [1.807, 2.05) is 0 Å². The van der Waals surface area contributed by atoms with Gasteiger partial charge in [0.2, 0.25) is 0 Å². The third kappa shape index (κ3) is 48.4. The van der Waals surface area contributed by atoms with Gasteiger partial charge in [0.25, 0.3) is 0 Å². The second-order valence-corrected chi connectivity index (χ2v) is 62.7. The molecular weight excluding hydrogens is 1780 g/mol. The van der Waals surface area contributed by atoms with Gasteiger partial charge in [0.15, 0.2) is 35.2 Å². The topological polar surface area (TPSA) is 0 Å². The van der Waals surface area contributed by atoms with Crippen LogP contribution in [0.3, 0.4) is 0 Å². The average Bonchev–Trinajstić information content (AvgIpc) is 3.40. The molecule has 4 aromatic carbocycles. The zero-order valence-electron chi connectivity index (χ0n) is 57.8. The van der Waals surface area contributed by atoms with E-state index in [9.17, 15) is 0 Å². The van der Waals surface area contributed by atoms with Gasteiger partial charge in [0.1, 0.15) is 0 Å². The summed E-state index contributed by atoms with van der Waals surface area (Å²) in [7, 11) is 8.41. The fraction of sp³-hybridized carbons (Fsp3) is 0.647. The minimum atomic E-state index is -0.352. The molecule has 0 spiro atoms. The van der Waals surface area contributed by atoms with Crippen molar-refractivity contribution in [3.63, 3.8) is 0 Å². The maximum absolute atomic E-state index is 2.47. The molecule has 0 atom stereocenters. The number of piperidine rings is 4. The van der Waals surface area contributed by atoms with Gasteiger partial charge < -0.3 is 114 Å². The van der Waals surface area contributed by atoms with Crippen molar-refractivity contribution in [2.75, 3.05) is 105 Å². The predicted molar refractivity (Wildman–Crippen MR) is 383 cm³/mol. The Hall–Kier alpha value is 2.68. The molecule has 8 rings (SSSR count). The van der Waals surface area contributed by atoms with Gasteiger partial charge in [-0.25, -0.2) is 0 Å². The van der Waals surface area contributed by atoms with Gasteiger partial charge in [-0.3, -0.25) is 0 Å². The van der Waals surface area contributed by atoms with E-state index < -0.39 is 0 Å². The predicted octanol–water partition coefficient (Wildman–Crippen LogP) is 2.25. The van der Waals surface area contributed by atoms with E-state index in [-0.39, 0.29) is 188 Å². The molecule has 4 saturated heterocycles. The maximum Gasteiger partial charge on any atom is -1.00 e. The van der Waals surface area contributed by atoms with E-state index >= 15 is 0 Å². The molecule has 8 radical (unpaired) electrons. The minimum Gasteiger partial charge on any atom is -1.00 e. The summed E-state index contributed by atoms with van der Waals surface area (Å²) >= 11 is -1.33. The summed E-state index contributed by atoms with van der Waals surface area (Å²) in [5.41, 5.74) is 0. The van der Waals surface area contributed by atoms with Crippen LogP contribution in [-0.4, -0.2) is 216 Å². The molecule has 84 heavy (non-hydrogen) atoms. The van der Waals surface area contributed by atoms with Gasteiger partial charge in [-0.05, 0) is 77.0 Å². The molecule has 0 bridgehead atoms. The summed E-state index contributed by atoms with van der Waals surface area (Å²) in [4.78, 5) is 0. The van der Waals surface area contributed by atoms with Crippen LogP contribution >= 0.6 is 0 Å². The minimum absolute atomic E-state index is 0. The molecule has 4 nitrogen and oxygen atoms in total. The summed E-state index contributed by atoms with van der Waals surface area (Å²) in [5, 5.41) is 6.38. The average molecular weight is 1910 g/mol. The number of hydrogen-bond donors (Lipinski definition) is 0. The molecule has 16 heteroatoms. The Morgan fingerprint density at radius 1 is 0.250 bits per heavy atom. The molecule has 4 heterocycles. The summed E-state index contributed by atoms with van der Waals surface area (Å²) in [6.45, 7) is 21.1. The maximum atomic E-state index is 2.47. The smallest absolute Gasteiger partial charge is 1.00 e. The summed E-state index contributed by atoms with van der Waals surface area (Å²) in [6.07, 6.45) is 22.8. The Bertz CT molecular complexity index is 1750. The van der Waals surface area contributed by atoms with E-state index in [1.54, 1.807) is 20.7 Å². The van der Waals surface area contributed by atoms with Gasteiger partial charge >= 0.3 is 126 Å². The van der Waals surface area contributed by atoms with Crippen LogP contribution in [0.5, 0.6) is 0 Å². The molecule has 0 aromatic heterocycles. The first-order valence-electron chi connectivity index (χ1n) is 31.6. The molecule has 0 N–H and O–H groups in total. The van der Waals surface area contributed by atoms with Crippen LogP contribution in [0.2, 0.25) is 95.3 Å². The largest absolute Gasteiger partial charge is 1.00 e. The number of nitrogens with zero attached hydrogens (tertiary/aromatic N) is 4. The van der Waals surface area contributed by atoms with E-state index in [0.717, 1.165) is 0 Å². The second kappa shape index (κ2) is 54.0. The first-order valence-corrected chi connectivity index (χ1v) is 65.6. The quantitative estimate of drug-likeness (QED) is 0.116. The van der Waals surface area contributed by atoms with Crippen LogP contribution in [0.25, 0.3) is 0 Å². The Balaban J connectivity index is -0.000000460. The Morgan fingerprint density at radius 3 is 0.488 bits per heavy atom. The van der Waals surface area contributed by atoms with E-state index in [0.29, 0.717) is 0 Å².